The lowest BCUT2D eigenvalue weighted by molar-refractivity contribution is 0.0285. The third kappa shape index (κ3) is 6.45. The predicted molar refractivity (Wildman–Crippen MR) is 143 cm³/mol. The fraction of sp³-hybridized carbons (Fsp3) is 0.259. The number of ether oxygens (including phenoxy) is 1. The van der Waals surface area contributed by atoms with Gasteiger partial charge in [0.1, 0.15) is 11.4 Å². The van der Waals surface area contributed by atoms with Crippen molar-refractivity contribution in [1.82, 2.24) is 8.87 Å². The average Bonchev–Trinajstić information content (AvgIpc) is 3.26. The molecule has 0 saturated carbocycles. The normalized spacial score (nSPS) is 12.6. The van der Waals surface area contributed by atoms with Crippen molar-refractivity contribution in [3.05, 3.63) is 83.9 Å². The van der Waals surface area contributed by atoms with Gasteiger partial charge in [0.05, 0.1) is 17.1 Å². The molecule has 0 saturated heterocycles. The maximum absolute atomic E-state index is 14.8. The summed E-state index contributed by atoms with van der Waals surface area (Å²) in [6.07, 6.45) is 3.68. The van der Waals surface area contributed by atoms with Gasteiger partial charge >= 0.3 is 6.09 Å². The predicted octanol–water partition coefficient (Wildman–Crippen LogP) is 4.90. The van der Waals surface area contributed by atoms with Crippen LogP contribution in [0.2, 0.25) is 0 Å². The molecule has 0 fully saturated rings. The van der Waals surface area contributed by atoms with E-state index in [2.05, 4.69) is 4.99 Å². The minimum absolute atomic E-state index is 0.0194. The van der Waals surface area contributed by atoms with Crippen LogP contribution in [0.3, 0.4) is 0 Å². The van der Waals surface area contributed by atoms with Gasteiger partial charge in [0.2, 0.25) is 0 Å². The highest BCUT2D eigenvalue weighted by Gasteiger charge is 2.25. The standard InChI is InChI=1S/C27H31FN4O4S/c1-27(2,3)36-26(33)31(5)17-19-13-25(23-11-6-7-12-24(23)28)32(18-19)37(34,35)22-10-8-9-20(14-22)21(15-29)16-30-4/h6-16,18H,17,29H2,1-5H3. The highest BCUT2D eigenvalue weighted by Crippen LogP contribution is 2.30. The van der Waals surface area contributed by atoms with E-state index in [4.69, 9.17) is 10.5 Å². The van der Waals surface area contributed by atoms with Crippen LogP contribution in [0, 0.1) is 5.82 Å². The SMILES string of the molecule is CN=CC(=CN)c1cccc(S(=O)(=O)n2cc(CN(C)C(=O)OC(C)(C)C)cc2-c2ccccc2F)c1. The molecule has 0 aliphatic heterocycles. The van der Waals surface area contributed by atoms with Crippen molar-refractivity contribution >= 4 is 27.9 Å². The van der Waals surface area contributed by atoms with Gasteiger partial charge in [-0.15, -0.1) is 0 Å². The van der Waals surface area contributed by atoms with Crippen LogP contribution < -0.4 is 5.73 Å². The van der Waals surface area contributed by atoms with E-state index in [0.29, 0.717) is 16.7 Å². The summed E-state index contributed by atoms with van der Waals surface area (Å²) in [4.78, 5) is 17.7. The van der Waals surface area contributed by atoms with Gasteiger partial charge in [-0.1, -0.05) is 24.3 Å². The summed E-state index contributed by atoms with van der Waals surface area (Å²) in [6, 6.07) is 13.7. The lowest BCUT2D eigenvalue weighted by atomic mass is 10.1. The summed E-state index contributed by atoms with van der Waals surface area (Å²) >= 11 is 0. The molecule has 0 bridgehead atoms. The molecule has 10 heteroatoms. The van der Waals surface area contributed by atoms with Gasteiger partial charge in [0.15, 0.2) is 0 Å². The van der Waals surface area contributed by atoms with E-state index in [1.807, 2.05) is 0 Å². The fourth-order valence-corrected chi connectivity index (χ4v) is 5.07. The summed E-state index contributed by atoms with van der Waals surface area (Å²) in [5.41, 5.74) is 6.81. The number of hydrogen-bond acceptors (Lipinski definition) is 6. The lowest BCUT2D eigenvalue weighted by Gasteiger charge is -2.24. The Hall–Kier alpha value is -3.92. The minimum Gasteiger partial charge on any atom is -0.444 e. The van der Waals surface area contributed by atoms with Crippen molar-refractivity contribution in [3.63, 3.8) is 0 Å². The van der Waals surface area contributed by atoms with Crippen molar-refractivity contribution in [3.8, 4) is 11.3 Å². The summed E-state index contributed by atoms with van der Waals surface area (Å²) in [6.45, 7) is 5.31. The Morgan fingerprint density at radius 2 is 1.86 bits per heavy atom. The van der Waals surface area contributed by atoms with E-state index < -0.39 is 27.5 Å². The van der Waals surface area contributed by atoms with Crippen LogP contribution in [0.4, 0.5) is 9.18 Å². The third-order valence-corrected chi connectivity index (χ3v) is 6.96. The number of aromatic nitrogens is 1. The number of nitrogens with zero attached hydrogens (tertiary/aromatic N) is 3. The van der Waals surface area contributed by atoms with Crippen molar-refractivity contribution < 1.29 is 22.3 Å². The van der Waals surface area contributed by atoms with Crippen LogP contribution in [0.25, 0.3) is 16.8 Å². The maximum atomic E-state index is 14.8. The Kier molecular flexibility index (Phi) is 8.22. The zero-order chi connectivity index (χ0) is 27.4. The van der Waals surface area contributed by atoms with Crippen molar-refractivity contribution in [2.75, 3.05) is 14.1 Å². The van der Waals surface area contributed by atoms with E-state index >= 15 is 0 Å². The van der Waals surface area contributed by atoms with Gasteiger partial charge in [-0.25, -0.2) is 21.6 Å². The molecule has 2 N–H and O–H groups in total. The topological polar surface area (TPSA) is 107 Å². The zero-order valence-corrected chi connectivity index (χ0v) is 22.3. The van der Waals surface area contributed by atoms with Gasteiger partial charge in [-0.3, -0.25) is 4.99 Å². The van der Waals surface area contributed by atoms with Crippen LogP contribution in [0.1, 0.15) is 31.9 Å². The molecule has 0 radical (unpaired) electrons. The Morgan fingerprint density at radius 3 is 2.49 bits per heavy atom. The number of carbonyl (C=O) groups is 1. The van der Waals surface area contributed by atoms with Gasteiger partial charge in [0.25, 0.3) is 10.0 Å². The third-order valence-electron chi connectivity index (χ3n) is 5.29. The first-order chi connectivity index (χ1) is 17.4. The smallest absolute Gasteiger partial charge is 0.410 e. The second-order valence-corrected chi connectivity index (χ2v) is 11.2. The first-order valence-corrected chi connectivity index (χ1v) is 12.9. The van der Waals surface area contributed by atoms with Crippen LogP contribution in [-0.4, -0.2) is 49.3 Å². The summed E-state index contributed by atoms with van der Waals surface area (Å²) in [5.74, 6) is -0.578. The zero-order valence-electron chi connectivity index (χ0n) is 21.5. The van der Waals surface area contributed by atoms with Crippen molar-refractivity contribution in [2.45, 2.75) is 37.8 Å². The molecule has 1 amide bonds. The van der Waals surface area contributed by atoms with E-state index in [-0.39, 0.29) is 22.7 Å². The summed E-state index contributed by atoms with van der Waals surface area (Å²) in [5, 5.41) is 0. The highest BCUT2D eigenvalue weighted by molar-refractivity contribution is 7.90. The number of hydrogen-bond donors (Lipinski definition) is 1. The second-order valence-electron chi connectivity index (χ2n) is 9.39. The molecule has 0 aliphatic rings. The van der Waals surface area contributed by atoms with Gasteiger partial charge in [-0.2, -0.15) is 0 Å². The number of nitrogens with two attached hydrogens (primary N) is 1. The Morgan fingerprint density at radius 1 is 1.16 bits per heavy atom. The number of aliphatic imine (C=N–C) groups is 1. The molecule has 37 heavy (non-hydrogen) atoms. The summed E-state index contributed by atoms with van der Waals surface area (Å²) in [7, 11) is -1.05. The van der Waals surface area contributed by atoms with Crippen LogP contribution in [0.5, 0.6) is 0 Å². The molecule has 1 aromatic heterocycles. The molecular weight excluding hydrogens is 495 g/mol. The molecule has 3 rings (SSSR count). The van der Waals surface area contributed by atoms with Crippen molar-refractivity contribution in [1.29, 1.82) is 0 Å². The molecule has 0 spiro atoms. The second kappa shape index (κ2) is 11.0. The highest BCUT2D eigenvalue weighted by atomic mass is 32.2. The number of benzene rings is 2. The largest absolute Gasteiger partial charge is 0.444 e. The molecule has 196 valence electrons. The minimum atomic E-state index is -4.17. The first-order valence-electron chi connectivity index (χ1n) is 11.5. The molecule has 0 unspecified atom stereocenters. The number of rotatable bonds is 7. The number of amides is 1. The Bertz CT molecular complexity index is 1450. The van der Waals surface area contributed by atoms with Gasteiger partial charge in [-0.05, 0) is 62.2 Å². The molecule has 8 nitrogen and oxygen atoms in total. The Labute approximate surface area is 216 Å². The average molecular weight is 527 g/mol. The molecule has 3 aromatic rings. The molecule has 1 heterocycles. The van der Waals surface area contributed by atoms with E-state index in [1.54, 1.807) is 59.1 Å². The van der Waals surface area contributed by atoms with Crippen LogP contribution >= 0.6 is 0 Å². The molecule has 2 aromatic carbocycles. The monoisotopic (exact) mass is 526 g/mol. The fourth-order valence-electron chi connectivity index (χ4n) is 3.63. The first kappa shape index (κ1) is 27.7. The van der Waals surface area contributed by atoms with Crippen molar-refractivity contribution in [2.24, 2.45) is 10.7 Å². The molecule has 0 atom stereocenters. The maximum Gasteiger partial charge on any atom is 0.410 e. The van der Waals surface area contributed by atoms with E-state index in [9.17, 15) is 17.6 Å². The van der Waals surface area contributed by atoms with Gasteiger partial charge in [0, 0.05) is 43.8 Å². The van der Waals surface area contributed by atoms with Gasteiger partial charge < -0.3 is 15.4 Å². The number of halogens is 1. The Balaban J connectivity index is 2.11. The molecule has 0 aliphatic carbocycles. The van der Waals surface area contributed by atoms with Crippen LogP contribution in [0.15, 0.2) is 76.9 Å². The number of carbonyl (C=O) groups excluding carboxylic acids is 1. The van der Waals surface area contributed by atoms with Crippen LogP contribution in [-0.2, 0) is 21.3 Å². The quantitative estimate of drug-likeness (QED) is 0.441. The number of allylic oxidation sites excluding steroid dienone is 1. The van der Waals surface area contributed by atoms with E-state index in [0.717, 1.165) is 3.97 Å². The molecular formula is C27H31FN4O4S. The van der Waals surface area contributed by atoms with E-state index in [1.165, 1.54) is 53.8 Å². The summed E-state index contributed by atoms with van der Waals surface area (Å²) < 4.78 is 48.9. The lowest BCUT2D eigenvalue weighted by Crippen LogP contribution is -2.33.